The van der Waals surface area contributed by atoms with Gasteiger partial charge < -0.3 is 25.5 Å². The van der Waals surface area contributed by atoms with Crippen LogP contribution in [0.15, 0.2) is 89.8 Å². The summed E-state index contributed by atoms with van der Waals surface area (Å²) in [6, 6.07) is 17.0. The number of aliphatic imine (C=N–C) groups is 1. The Labute approximate surface area is 431 Å². The van der Waals surface area contributed by atoms with Gasteiger partial charge in [0.2, 0.25) is 17.7 Å². The molecular formula is C53H57ClN12O4S2. The number of nitrogens with one attached hydrogen (secondary N) is 2. The molecule has 0 bridgehead atoms. The van der Waals surface area contributed by atoms with E-state index < -0.39 is 24.2 Å². The summed E-state index contributed by atoms with van der Waals surface area (Å²) < 4.78 is 3.72. The van der Waals surface area contributed by atoms with E-state index in [-0.39, 0.29) is 55.1 Å². The van der Waals surface area contributed by atoms with E-state index in [4.69, 9.17) is 26.7 Å². The van der Waals surface area contributed by atoms with Crippen LogP contribution in [0.5, 0.6) is 0 Å². The lowest BCUT2D eigenvalue weighted by atomic mass is 9.99. The van der Waals surface area contributed by atoms with Crippen LogP contribution < -0.4 is 15.5 Å². The van der Waals surface area contributed by atoms with E-state index in [1.54, 1.807) is 39.7 Å². The number of β-amino-alcohol motifs (C(OH)–C–C–N with tert-alkyl or cyclic N) is 1. The zero-order chi connectivity index (χ0) is 50.5. The van der Waals surface area contributed by atoms with Gasteiger partial charge in [0, 0.05) is 71.1 Å². The molecule has 2 fully saturated rings. The topological polar surface area (TPSA) is 189 Å². The van der Waals surface area contributed by atoms with Crippen LogP contribution in [0.1, 0.15) is 103 Å². The largest absolute Gasteiger partial charge is 0.391 e. The zero-order valence-electron chi connectivity index (χ0n) is 41.2. The average Bonchev–Trinajstić information content (AvgIpc) is 4.24. The number of carbonyl (C=O) groups excluding carboxylic acids is 3. The number of amides is 3. The number of benzene rings is 2. The van der Waals surface area contributed by atoms with Crippen LogP contribution in [0, 0.1) is 33.6 Å². The second-order valence-electron chi connectivity index (χ2n) is 19.4. The number of aryl methyl sites for hydroxylation is 3. The number of hydrogen-bond donors (Lipinski definition) is 3. The van der Waals surface area contributed by atoms with Crippen LogP contribution in [0.25, 0.3) is 26.6 Å². The number of nitrogens with zero attached hydrogens (tertiary/aromatic N) is 10. The molecule has 0 radical (unpaired) electrons. The van der Waals surface area contributed by atoms with E-state index >= 15 is 0 Å². The first-order valence-corrected chi connectivity index (χ1v) is 26.4. The van der Waals surface area contributed by atoms with E-state index in [0.29, 0.717) is 23.9 Å². The van der Waals surface area contributed by atoms with Crippen molar-refractivity contribution in [3.8, 4) is 26.6 Å². The van der Waals surface area contributed by atoms with Crippen molar-refractivity contribution >= 4 is 63.5 Å². The molecule has 372 valence electrons. The highest BCUT2D eigenvalue weighted by molar-refractivity contribution is 7.15. The molecule has 10 rings (SSSR count). The minimum Gasteiger partial charge on any atom is -0.391 e. The van der Waals surface area contributed by atoms with Gasteiger partial charge >= 0.3 is 0 Å². The lowest BCUT2D eigenvalue weighted by Crippen LogP contribution is -2.49. The van der Waals surface area contributed by atoms with Crippen molar-refractivity contribution < 1.29 is 19.5 Å². The van der Waals surface area contributed by atoms with Crippen molar-refractivity contribution in [1.29, 1.82) is 0 Å². The van der Waals surface area contributed by atoms with Gasteiger partial charge in [0.1, 0.15) is 34.8 Å². The summed E-state index contributed by atoms with van der Waals surface area (Å²) in [5.41, 5.74) is 10.3. The SMILES string of the molecule is Cc1ncsc1-c1ccc([C@H](C)NC(=O)[C@@H]2C[C@@H](O)CN2C(=O)[C@@H](C(C)C)n2cc(-c3ccnc(N4CCC(NC(=O)C[C@@H]5N=C(c6ccc(Cl)cc6)c6c(sc(C)c6C)-n6c(C)nnc65)C4)c3)cn2)cc1. The minimum absolute atomic E-state index is 0.0501. The molecule has 3 N–H and O–H groups in total. The summed E-state index contributed by atoms with van der Waals surface area (Å²) in [4.78, 5) is 62.7. The number of carbonyl (C=O) groups is 3. The van der Waals surface area contributed by atoms with Gasteiger partial charge in [-0.05, 0) is 93.5 Å². The first-order valence-electron chi connectivity index (χ1n) is 24.3. The summed E-state index contributed by atoms with van der Waals surface area (Å²) in [7, 11) is 0. The van der Waals surface area contributed by atoms with Gasteiger partial charge in [-0.1, -0.05) is 61.8 Å². The number of fused-ring (bicyclic) bond motifs is 3. The number of rotatable bonds is 13. The molecule has 2 saturated heterocycles. The number of thiophene rings is 1. The number of aromatic nitrogens is 7. The van der Waals surface area contributed by atoms with Crippen molar-refractivity contribution in [2.75, 3.05) is 24.5 Å². The molecule has 0 spiro atoms. The van der Waals surface area contributed by atoms with Gasteiger partial charge in [-0.15, -0.1) is 32.9 Å². The highest BCUT2D eigenvalue weighted by atomic mass is 35.5. The standard InChI is InChI=1S/C53H57ClN12O4S2/c1-28(2)48(52(70)64-26-41(67)21-43(64)51(69)58-30(4)34-8-10-36(11-9-34)49-31(5)56-27-71-49)65-24-38(23-57-65)37-16-18-55-44(20-37)63-19-17-40(25-63)59-45(68)22-42-50-62-61-33(7)66(50)53-46(29(3)32(6)72-53)47(60-42)35-12-14-39(54)15-13-35/h8-16,18,20,23-24,27-28,30,40-43,48,67H,17,19,21-22,25-26H2,1-7H3,(H,58,69)(H,59,68)/t30-,40?,41+,42-,43-,48+/m0/s1. The maximum Gasteiger partial charge on any atom is 0.248 e. The Morgan fingerprint density at radius 2 is 1.68 bits per heavy atom. The molecule has 1 unspecified atom stereocenters. The average molecular weight is 1030 g/mol. The number of likely N-dealkylation sites (tertiary alicyclic amines) is 1. The van der Waals surface area contributed by atoms with Crippen LogP contribution >= 0.6 is 34.3 Å². The van der Waals surface area contributed by atoms with E-state index in [1.807, 2.05) is 107 Å². The Morgan fingerprint density at radius 3 is 2.42 bits per heavy atom. The lowest BCUT2D eigenvalue weighted by molar-refractivity contribution is -0.142. The maximum atomic E-state index is 14.5. The smallest absolute Gasteiger partial charge is 0.248 e. The van der Waals surface area contributed by atoms with E-state index in [2.05, 4.69) is 49.1 Å². The fourth-order valence-corrected chi connectivity index (χ4v) is 12.3. The van der Waals surface area contributed by atoms with Crippen molar-refractivity contribution in [3.05, 3.63) is 134 Å². The number of pyridine rings is 1. The summed E-state index contributed by atoms with van der Waals surface area (Å²) in [5.74, 6) is 1.22. The number of aliphatic hydroxyl groups is 1. The van der Waals surface area contributed by atoms with Gasteiger partial charge in [0.05, 0.1) is 46.6 Å². The third-order valence-electron chi connectivity index (χ3n) is 14.1. The number of aliphatic hydroxyl groups excluding tert-OH is 1. The van der Waals surface area contributed by atoms with Gasteiger partial charge in [-0.2, -0.15) is 5.10 Å². The molecule has 72 heavy (non-hydrogen) atoms. The van der Waals surface area contributed by atoms with Gasteiger partial charge in [-0.25, -0.2) is 9.97 Å². The first-order chi connectivity index (χ1) is 34.6. The predicted molar refractivity (Wildman–Crippen MR) is 281 cm³/mol. The monoisotopic (exact) mass is 1020 g/mol. The van der Waals surface area contributed by atoms with E-state index in [1.165, 1.54) is 9.78 Å². The van der Waals surface area contributed by atoms with Crippen molar-refractivity contribution in [3.63, 3.8) is 0 Å². The molecule has 19 heteroatoms. The molecule has 3 amide bonds. The second kappa shape index (κ2) is 20.1. The molecular weight excluding hydrogens is 968 g/mol. The number of halogens is 1. The Hall–Kier alpha value is -6.60. The van der Waals surface area contributed by atoms with Crippen LogP contribution in [0.4, 0.5) is 5.82 Å². The summed E-state index contributed by atoms with van der Waals surface area (Å²) >= 11 is 9.57. The predicted octanol–water partition coefficient (Wildman–Crippen LogP) is 8.31. The normalized spacial score (nSPS) is 19.4. The lowest BCUT2D eigenvalue weighted by Gasteiger charge is -2.30. The molecule has 7 aromatic rings. The molecule has 16 nitrogen and oxygen atoms in total. The number of hydrogen-bond acceptors (Lipinski definition) is 13. The zero-order valence-corrected chi connectivity index (χ0v) is 43.6. The Bertz CT molecular complexity index is 3200. The van der Waals surface area contributed by atoms with Crippen LogP contribution in [-0.4, -0.2) is 106 Å². The van der Waals surface area contributed by atoms with Crippen LogP contribution in [0.3, 0.4) is 0 Å². The van der Waals surface area contributed by atoms with E-state index in [0.717, 1.165) is 78.3 Å². The van der Waals surface area contributed by atoms with Gasteiger partial charge in [0.25, 0.3) is 0 Å². The summed E-state index contributed by atoms with van der Waals surface area (Å²) in [6.45, 7) is 15.2. The molecule has 6 atom stereocenters. The van der Waals surface area contributed by atoms with Crippen molar-refractivity contribution in [2.24, 2.45) is 10.9 Å². The maximum absolute atomic E-state index is 14.5. The first kappa shape index (κ1) is 49.0. The molecule has 3 aliphatic heterocycles. The number of thiazole rings is 1. The summed E-state index contributed by atoms with van der Waals surface area (Å²) in [5, 5.41) is 32.6. The minimum atomic E-state index is -0.838. The highest BCUT2D eigenvalue weighted by Crippen LogP contribution is 2.40. The fourth-order valence-electron chi connectivity index (χ4n) is 10.2. The Morgan fingerprint density at radius 1 is 0.917 bits per heavy atom. The van der Waals surface area contributed by atoms with Gasteiger partial charge in [-0.3, -0.25) is 28.6 Å². The van der Waals surface area contributed by atoms with Gasteiger partial charge in [0.15, 0.2) is 5.82 Å². The highest BCUT2D eigenvalue weighted by Gasteiger charge is 2.43. The second-order valence-corrected chi connectivity index (χ2v) is 21.9. The van der Waals surface area contributed by atoms with E-state index in [9.17, 15) is 19.5 Å². The van der Waals surface area contributed by atoms with Crippen LogP contribution in [-0.2, 0) is 14.4 Å². The molecule has 2 aromatic carbocycles. The molecule has 5 aromatic heterocycles. The Kier molecular flexibility index (Phi) is 13.7. The summed E-state index contributed by atoms with van der Waals surface area (Å²) in [6.07, 6.45) is 5.47. The molecule has 3 aliphatic rings. The fraction of sp³-hybridized carbons (Fsp3) is 0.377. The third kappa shape index (κ3) is 9.60. The van der Waals surface area contributed by atoms with Crippen molar-refractivity contribution in [1.82, 2.24) is 50.0 Å². The third-order valence-corrected chi connectivity index (χ3v) is 16.5. The molecule has 0 saturated carbocycles. The Balaban J connectivity index is 0.796. The van der Waals surface area contributed by atoms with Crippen molar-refractivity contribution in [2.45, 2.75) is 104 Å². The van der Waals surface area contributed by atoms with Crippen LogP contribution in [0.2, 0.25) is 5.02 Å². The molecule has 0 aliphatic carbocycles. The quantitative estimate of drug-likeness (QED) is 0.101. The number of anilines is 1. The molecule has 8 heterocycles.